The lowest BCUT2D eigenvalue weighted by Gasteiger charge is -2.13. The third kappa shape index (κ3) is 7.40. The first-order chi connectivity index (χ1) is 17.5. The summed E-state index contributed by atoms with van der Waals surface area (Å²) >= 11 is 0. The maximum absolute atomic E-state index is 12.6. The molecule has 3 rings (SSSR count). The SMILES string of the molecule is CCOC(=O)C(=Cc1ccc(OC(=O)c2ccc(OC(F)(F)F)c(OC)c2)cc1)c1cc(N)cc(N)c1. The quantitative estimate of drug-likeness (QED) is 0.140. The Morgan fingerprint density at radius 2 is 1.54 bits per heavy atom. The third-order valence-electron chi connectivity index (χ3n) is 4.81. The first kappa shape index (κ1) is 26.9. The van der Waals surface area contributed by atoms with Crippen LogP contribution in [0, 0.1) is 0 Å². The Labute approximate surface area is 210 Å². The van der Waals surface area contributed by atoms with Gasteiger partial charge < -0.3 is 30.4 Å². The smallest absolute Gasteiger partial charge is 0.493 e. The molecule has 0 radical (unpaired) electrons. The van der Waals surface area contributed by atoms with Gasteiger partial charge >= 0.3 is 18.3 Å². The second-order valence-corrected chi connectivity index (χ2v) is 7.54. The summed E-state index contributed by atoms with van der Waals surface area (Å²) in [5.41, 5.74) is 13.7. The Morgan fingerprint density at radius 3 is 2.11 bits per heavy atom. The summed E-state index contributed by atoms with van der Waals surface area (Å²) in [7, 11) is 1.14. The van der Waals surface area contributed by atoms with Crippen molar-refractivity contribution in [2.24, 2.45) is 0 Å². The molecule has 0 saturated carbocycles. The zero-order chi connectivity index (χ0) is 27.2. The third-order valence-corrected chi connectivity index (χ3v) is 4.81. The van der Waals surface area contributed by atoms with E-state index in [9.17, 15) is 22.8 Å². The van der Waals surface area contributed by atoms with Gasteiger partial charge in [0.2, 0.25) is 0 Å². The fourth-order valence-electron chi connectivity index (χ4n) is 3.27. The van der Waals surface area contributed by atoms with Gasteiger partial charge in [-0.1, -0.05) is 12.1 Å². The number of anilines is 2. The molecule has 0 aliphatic carbocycles. The Balaban J connectivity index is 1.81. The van der Waals surface area contributed by atoms with Crippen LogP contribution >= 0.6 is 0 Å². The number of nitrogen functional groups attached to an aromatic ring is 2. The van der Waals surface area contributed by atoms with Gasteiger partial charge in [0.1, 0.15) is 5.75 Å². The van der Waals surface area contributed by atoms with E-state index in [4.69, 9.17) is 25.7 Å². The Morgan fingerprint density at radius 1 is 0.892 bits per heavy atom. The number of benzene rings is 3. The molecule has 0 unspecified atom stereocenters. The summed E-state index contributed by atoms with van der Waals surface area (Å²) in [6, 6.07) is 14.0. The van der Waals surface area contributed by atoms with E-state index in [-0.39, 0.29) is 29.2 Å². The van der Waals surface area contributed by atoms with E-state index in [1.807, 2.05) is 0 Å². The van der Waals surface area contributed by atoms with Crippen molar-refractivity contribution in [3.8, 4) is 17.2 Å². The maximum atomic E-state index is 12.6. The van der Waals surface area contributed by atoms with Gasteiger partial charge in [-0.3, -0.25) is 0 Å². The summed E-state index contributed by atoms with van der Waals surface area (Å²) in [5.74, 6) is -2.14. The van der Waals surface area contributed by atoms with Crippen LogP contribution in [0.25, 0.3) is 11.6 Å². The Bertz CT molecular complexity index is 1300. The number of carbonyl (C=O) groups excluding carboxylic acids is 2. The van der Waals surface area contributed by atoms with E-state index in [1.54, 1.807) is 43.3 Å². The van der Waals surface area contributed by atoms with Crippen molar-refractivity contribution in [1.82, 2.24) is 0 Å². The van der Waals surface area contributed by atoms with Crippen LogP contribution in [0.15, 0.2) is 60.7 Å². The lowest BCUT2D eigenvalue weighted by atomic mass is 10.0. The highest BCUT2D eigenvalue weighted by molar-refractivity contribution is 6.22. The molecule has 0 spiro atoms. The van der Waals surface area contributed by atoms with Crippen molar-refractivity contribution in [2.75, 3.05) is 25.2 Å². The van der Waals surface area contributed by atoms with Gasteiger partial charge in [-0.2, -0.15) is 0 Å². The first-order valence-electron chi connectivity index (χ1n) is 10.8. The summed E-state index contributed by atoms with van der Waals surface area (Å²) in [4.78, 5) is 25.1. The zero-order valence-corrected chi connectivity index (χ0v) is 19.8. The van der Waals surface area contributed by atoms with Crippen LogP contribution in [0.1, 0.15) is 28.4 Å². The molecule has 4 N–H and O–H groups in total. The van der Waals surface area contributed by atoms with Crippen molar-refractivity contribution >= 4 is 35.0 Å². The van der Waals surface area contributed by atoms with E-state index >= 15 is 0 Å². The molecule has 0 bridgehead atoms. The maximum Gasteiger partial charge on any atom is 0.573 e. The predicted molar refractivity (Wildman–Crippen MR) is 131 cm³/mol. The normalized spacial score (nSPS) is 11.5. The zero-order valence-electron chi connectivity index (χ0n) is 19.8. The van der Waals surface area contributed by atoms with Crippen molar-refractivity contribution in [1.29, 1.82) is 0 Å². The summed E-state index contributed by atoms with van der Waals surface area (Å²) < 4.78 is 56.8. The highest BCUT2D eigenvalue weighted by Crippen LogP contribution is 2.33. The van der Waals surface area contributed by atoms with Gasteiger partial charge in [0.05, 0.1) is 24.9 Å². The summed E-state index contributed by atoms with van der Waals surface area (Å²) in [5, 5.41) is 0. The minimum Gasteiger partial charge on any atom is -0.493 e. The highest BCUT2D eigenvalue weighted by Gasteiger charge is 2.32. The molecule has 0 saturated heterocycles. The molecule has 0 heterocycles. The topological polar surface area (TPSA) is 123 Å². The van der Waals surface area contributed by atoms with Crippen molar-refractivity contribution in [3.63, 3.8) is 0 Å². The molecule has 194 valence electrons. The second kappa shape index (κ2) is 11.4. The summed E-state index contributed by atoms with van der Waals surface area (Å²) in [6.45, 7) is 1.84. The Hall–Kier alpha value is -4.67. The van der Waals surface area contributed by atoms with Gasteiger partial charge in [0, 0.05) is 11.4 Å². The van der Waals surface area contributed by atoms with Crippen molar-refractivity contribution < 1.29 is 41.7 Å². The van der Waals surface area contributed by atoms with Gasteiger partial charge in [0.25, 0.3) is 0 Å². The molecule has 11 heteroatoms. The number of alkyl halides is 3. The molecule has 3 aromatic rings. The van der Waals surface area contributed by atoms with Gasteiger partial charge in [-0.25, -0.2) is 9.59 Å². The standard InChI is InChI=1S/C26H23F3N2O6/c1-3-35-25(33)21(17-11-18(30)14-19(31)12-17)10-15-4-7-20(8-5-15)36-24(32)16-6-9-22(23(13-16)34-2)37-26(27,28)29/h4-14H,3,30-31H2,1-2H3. The van der Waals surface area contributed by atoms with Crippen molar-refractivity contribution in [3.05, 3.63) is 77.4 Å². The average molecular weight is 516 g/mol. The van der Waals surface area contributed by atoms with Crippen LogP contribution in [0.2, 0.25) is 0 Å². The average Bonchev–Trinajstić information content (AvgIpc) is 2.82. The van der Waals surface area contributed by atoms with Gasteiger partial charge in [-0.15, -0.1) is 13.2 Å². The minimum absolute atomic E-state index is 0.0563. The largest absolute Gasteiger partial charge is 0.573 e. The molecule has 8 nitrogen and oxygen atoms in total. The van der Waals surface area contributed by atoms with Crippen LogP contribution in [0.3, 0.4) is 0 Å². The first-order valence-corrected chi connectivity index (χ1v) is 10.8. The van der Waals surface area contributed by atoms with E-state index in [2.05, 4.69) is 4.74 Å². The van der Waals surface area contributed by atoms with Crippen LogP contribution in [-0.4, -0.2) is 32.0 Å². The molecule has 0 aliphatic rings. The van der Waals surface area contributed by atoms with Crippen LogP contribution < -0.4 is 25.7 Å². The number of hydrogen-bond donors (Lipinski definition) is 2. The van der Waals surface area contributed by atoms with E-state index < -0.39 is 24.1 Å². The number of esters is 2. The molecular weight excluding hydrogens is 493 g/mol. The number of methoxy groups -OCH3 is 1. The summed E-state index contributed by atoms with van der Waals surface area (Å²) in [6.07, 6.45) is -3.35. The molecular formula is C26H23F3N2O6. The van der Waals surface area contributed by atoms with E-state index in [1.165, 1.54) is 12.1 Å². The highest BCUT2D eigenvalue weighted by atomic mass is 19.4. The number of halogens is 3. The molecule has 0 fully saturated rings. The fourth-order valence-corrected chi connectivity index (χ4v) is 3.27. The fraction of sp³-hybridized carbons (Fsp3) is 0.154. The lowest BCUT2D eigenvalue weighted by molar-refractivity contribution is -0.275. The minimum atomic E-state index is -4.92. The van der Waals surface area contributed by atoms with E-state index in [0.717, 1.165) is 25.3 Å². The molecule has 0 amide bonds. The molecule has 0 atom stereocenters. The number of hydrogen-bond acceptors (Lipinski definition) is 8. The van der Waals surface area contributed by atoms with Crippen LogP contribution in [0.5, 0.6) is 17.2 Å². The van der Waals surface area contributed by atoms with Crippen LogP contribution in [-0.2, 0) is 9.53 Å². The second-order valence-electron chi connectivity index (χ2n) is 7.54. The van der Waals surface area contributed by atoms with Crippen molar-refractivity contribution in [2.45, 2.75) is 13.3 Å². The lowest BCUT2D eigenvalue weighted by Crippen LogP contribution is -2.18. The van der Waals surface area contributed by atoms with Crippen LogP contribution in [0.4, 0.5) is 24.5 Å². The Kier molecular flexibility index (Phi) is 8.28. The predicted octanol–water partition coefficient (Wildman–Crippen LogP) is 5.08. The van der Waals surface area contributed by atoms with Gasteiger partial charge in [0.15, 0.2) is 11.5 Å². The number of rotatable bonds is 8. The van der Waals surface area contributed by atoms with E-state index in [0.29, 0.717) is 22.5 Å². The molecule has 0 aromatic heterocycles. The number of ether oxygens (including phenoxy) is 4. The molecule has 37 heavy (non-hydrogen) atoms. The van der Waals surface area contributed by atoms with Gasteiger partial charge in [-0.05, 0) is 72.7 Å². The molecule has 3 aromatic carbocycles. The molecule has 0 aliphatic heterocycles. The number of carbonyl (C=O) groups is 2. The monoisotopic (exact) mass is 516 g/mol. The number of nitrogens with two attached hydrogens (primary N) is 2.